The molecule has 0 bridgehead atoms. The van der Waals surface area contributed by atoms with Gasteiger partial charge in [0, 0.05) is 13.0 Å². The molecule has 0 saturated carbocycles. The summed E-state index contributed by atoms with van der Waals surface area (Å²) in [5.74, 6) is 1.63. The van der Waals surface area contributed by atoms with Crippen LogP contribution < -0.4 is 5.32 Å². The quantitative estimate of drug-likeness (QED) is 0.821. The van der Waals surface area contributed by atoms with E-state index in [1.165, 1.54) is 11.1 Å². The second-order valence-corrected chi connectivity index (χ2v) is 5.11. The highest BCUT2D eigenvalue weighted by molar-refractivity contribution is 5.77. The second kappa shape index (κ2) is 5.53. The molecule has 0 aliphatic heterocycles. The van der Waals surface area contributed by atoms with Crippen LogP contribution in [0.15, 0.2) is 18.2 Å². The third kappa shape index (κ3) is 2.56. The van der Waals surface area contributed by atoms with Gasteiger partial charge in [-0.25, -0.2) is 4.98 Å². The molecule has 0 fully saturated rings. The number of hydrogen-bond acceptors (Lipinski definition) is 2. The van der Waals surface area contributed by atoms with Crippen LogP contribution in [0.1, 0.15) is 38.1 Å². The summed E-state index contributed by atoms with van der Waals surface area (Å²) in [5, 5.41) is 3.35. The van der Waals surface area contributed by atoms with E-state index in [1.54, 1.807) is 0 Å². The van der Waals surface area contributed by atoms with E-state index < -0.39 is 0 Å². The van der Waals surface area contributed by atoms with Gasteiger partial charge in [0.15, 0.2) is 0 Å². The summed E-state index contributed by atoms with van der Waals surface area (Å²) in [7, 11) is 2.10. The van der Waals surface area contributed by atoms with Crippen molar-refractivity contribution in [2.75, 3.05) is 13.1 Å². The van der Waals surface area contributed by atoms with Gasteiger partial charge in [0.05, 0.1) is 11.0 Å². The summed E-state index contributed by atoms with van der Waals surface area (Å²) in [6.07, 6.45) is 1.07. The predicted molar refractivity (Wildman–Crippen MR) is 77.1 cm³/mol. The second-order valence-electron chi connectivity index (χ2n) is 5.11. The summed E-state index contributed by atoms with van der Waals surface area (Å²) in [4.78, 5) is 4.74. The number of likely N-dealkylation sites (N-methyl/N-ethyl adjacent to an activating group) is 1. The molecule has 0 aliphatic carbocycles. The molecule has 18 heavy (non-hydrogen) atoms. The van der Waals surface area contributed by atoms with Gasteiger partial charge >= 0.3 is 0 Å². The zero-order valence-electron chi connectivity index (χ0n) is 11.8. The lowest BCUT2D eigenvalue weighted by Crippen LogP contribution is -2.15. The predicted octanol–water partition coefficient (Wildman–Crippen LogP) is 2.85. The number of fused-ring (bicyclic) bond motifs is 1. The lowest BCUT2D eigenvalue weighted by Gasteiger charge is -2.04. The molecule has 0 saturated heterocycles. The van der Waals surface area contributed by atoms with E-state index >= 15 is 0 Å². The number of imidazole rings is 1. The first-order valence-electron chi connectivity index (χ1n) is 6.79. The molecule has 1 aromatic heterocycles. The normalized spacial score (nSPS) is 11.6. The standard InChI is InChI=1S/C15H23N3/c1-5-16-9-8-12-6-7-14-13(10-12)17-15(11(2)3)18(14)4/h6-7,10-11,16H,5,8-9H2,1-4H3. The van der Waals surface area contributed by atoms with Gasteiger partial charge in [0.1, 0.15) is 5.82 Å². The van der Waals surface area contributed by atoms with Crippen molar-refractivity contribution in [3.8, 4) is 0 Å². The van der Waals surface area contributed by atoms with Crippen molar-refractivity contribution in [1.82, 2.24) is 14.9 Å². The smallest absolute Gasteiger partial charge is 0.112 e. The number of benzene rings is 1. The van der Waals surface area contributed by atoms with Gasteiger partial charge in [-0.15, -0.1) is 0 Å². The molecule has 2 aromatic rings. The molecule has 0 aliphatic rings. The average Bonchev–Trinajstić information content (AvgIpc) is 2.67. The molecule has 0 unspecified atom stereocenters. The molecule has 0 atom stereocenters. The Labute approximate surface area is 109 Å². The van der Waals surface area contributed by atoms with E-state index in [0.717, 1.165) is 30.9 Å². The Hall–Kier alpha value is -1.35. The fraction of sp³-hybridized carbons (Fsp3) is 0.533. The summed E-state index contributed by atoms with van der Waals surface area (Å²) >= 11 is 0. The maximum Gasteiger partial charge on any atom is 0.112 e. The van der Waals surface area contributed by atoms with E-state index in [1.807, 2.05) is 0 Å². The van der Waals surface area contributed by atoms with E-state index in [-0.39, 0.29) is 0 Å². The Morgan fingerprint density at radius 2 is 2.11 bits per heavy atom. The van der Waals surface area contributed by atoms with Crippen LogP contribution in [0.4, 0.5) is 0 Å². The zero-order chi connectivity index (χ0) is 13.1. The highest BCUT2D eigenvalue weighted by Crippen LogP contribution is 2.21. The lowest BCUT2D eigenvalue weighted by molar-refractivity contribution is 0.717. The number of rotatable bonds is 5. The van der Waals surface area contributed by atoms with Crippen LogP contribution in [0.2, 0.25) is 0 Å². The number of nitrogens with one attached hydrogen (secondary N) is 1. The van der Waals surface area contributed by atoms with Gasteiger partial charge in [-0.2, -0.15) is 0 Å². The Kier molecular flexibility index (Phi) is 4.02. The third-order valence-corrected chi connectivity index (χ3v) is 3.34. The Morgan fingerprint density at radius 3 is 2.78 bits per heavy atom. The lowest BCUT2D eigenvalue weighted by atomic mass is 10.1. The van der Waals surface area contributed by atoms with Crippen LogP contribution >= 0.6 is 0 Å². The number of nitrogens with zero attached hydrogens (tertiary/aromatic N) is 2. The van der Waals surface area contributed by atoms with Crippen LogP contribution in [0, 0.1) is 0 Å². The van der Waals surface area contributed by atoms with Gasteiger partial charge in [-0.1, -0.05) is 26.8 Å². The molecule has 0 amide bonds. The van der Waals surface area contributed by atoms with E-state index in [4.69, 9.17) is 4.98 Å². The third-order valence-electron chi connectivity index (χ3n) is 3.34. The maximum absolute atomic E-state index is 4.74. The van der Waals surface area contributed by atoms with Gasteiger partial charge in [-0.05, 0) is 37.2 Å². The van der Waals surface area contributed by atoms with Crippen LogP contribution in [-0.2, 0) is 13.5 Å². The SMILES string of the molecule is CCNCCc1ccc2c(c1)nc(C(C)C)n2C. The van der Waals surface area contributed by atoms with Crippen molar-refractivity contribution in [3.63, 3.8) is 0 Å². The fourth-order valence-electron chi connectivity index (χ4n) is 2.35. The van der Waals surface area contributed by atoms with Gasteiger partial charge < -0.3 is 9.88 Å². The number of hydrogen-bond donors (Lipinski definition) is 1. The van der Waals surface area contributed by atoms with E-state index in [9.17, 15) is 0 Å². The Morgan fingerprint density at radius 1 is 1.33 bits per heavy atom. The van der Waals surface area contributed by atoms with E-state index in [2.05, 4.69) is 55.9 Å². The summed E-state index contributed by atoms with van der Waals surface area (Å²) in [6.45, 7) is 8.58. The molecule has 1 N–H and O–H groups in total. The topological polar surface area (TPSA) is 29.9 Å². The molecule has 0 spiro atoms. The van der Waals surface area contributed by atoms with Crippen molar-refractivity contribution < 1.29 is 0 Å². The van der Waals surface area contributed by atoms with Crippen molar-refractivity contribution >= 4 is 11.0 Å². The molecule has 1 aromatic carbocycles. The Balaban J connectivity index is 2.28. The van der Waals surface area contributed by atoms with Crippen LogP contribution in [0.5, 0.6) is 0 Å². The molecular formula is C15H23N3. The van der Waals surface area contributed by atoms with Gasteiger partial charge in [0.2, 0.25) is 0 Å². The molecule has 0 radical (unpaired) electrons. The monoisotopic (exact) mass is 245 g/mol. The fourth-order valence-corrected chi connectivity index (χ4v) is 2.35. The van der Waals surface area contributed by atoms with Crippen LogP contribution in [-0.4, -0.2) is 22.6 Å². The van der Waals surface area contributed by atoms with Crippen LogP contribution in [0.25, 0.3) is 11.0 Å². The van der Waals surface area contributed by atoms with Crippen molar-refractivity contribution in [3.05, 3.63) is 29.6 Å². The van der Waals surface area contributed by atoms with Gasteiger partial charge in [-0.3, -0.25) is 0 Å². The summed E-state index contributed by atoms with van der Waals surface area (Å²) < 4.78 is 2.20. The van der Waals surface area contributed by atoms with Crippen molar-refractivity contribution in [2.45, 2.75) is 33.1 Å². The summed E-state index contributed by atoms with van der Waals surface area (Å²) in [6, 6.07) is 6.62. The van der Waals surface area contributed by atoms with Crippen molar-refractivity contribution in [1.29, 1.82) is 0 Å². The first kappa shape index (κ1) is 13.1. The highest BCUT2D eigenvalue weighted by atomic mass is 15.1. The van der Waals surface area contributed by atoms with Gasteiger partial charge in [0.25, 0.3) is 0 Å². The zero-order valence-corrected chi connectivity index (χ0v) is 11.8. The first-order chi connectivity index (χ1) is 8.63. The first-order valence-corrected chi connectivity index (χ1v) is 6.79. The largest absolute Gasteiger partial charge is 0.331 e. The molecule has 3 nitrogen and oxygen atoms in total. The molecular weight excluding hydrogens is 222 g/mol. The molecule has 1 heterocycles. The minimum absolute atomic E-state index is 0.465. The number of aryl methyl sites for hydroxylation is 1. The minimum atomic E-state index is 0.465. The van der Waals surface area contributed by atoms with Crippen LogP contribution in [0.3, 0.4) is 0 Å². The Bertz CT molecular complexity index is 526. The molecule has 2 rings (SSSR count). The van der Waals surface area contributed by atoms with Crippen molar-refractivity contribution in [2.24, 2.45) is 7.05 Å². The number of aromatic nitrogens is 2. The molecule has 3 heteroatoms. The average molecular weight is 245 g/mol. The minimum Gasteiger partial charge on any atom is -0.331 e. The maximum atomic E-state index is 4.74. The highest BCUT2D eigenvalue weighted by Gasteiger charge is 2.10. The molecule has 98 valence electrons. The summed E-state index contributed by atoms with van der Waals surface area (Å²) in [5.41, 5.74) is 3.71. The van der Waals surface area contributed by atoms with E-state index in [0.29, 0.717) is 5.92 Å².